The Morgan fingerprint density at radius 3 is 2.73 bits per heavy atom. The number of nitrogens with zero attached hydrogens (tertiary/aromatic N) is 5. The summed E-state index contributed by atoms with van der Waals surface area (Å²) in [5.74, 6) is 1.51. The first-order valence-electron chi connectivity index (χ1n) is 10.8. The molecule has 3 aromatic rings. The molecule has 0 bridgehead atoms. The number of hydrogen-bond donors (Lipinski definition) is 1. The highest BCUT2D eigenvalue weighted by atomic mass is 16.2. The fourth-order valence-corrected chi connectivity index (χ4v) is 4.64. The zero-order valence-corrected chi connectivity index (χ0v) is 18.6. The lowest BCUT2D eigenvalue weighted by molar-refractivity contribution is -0.117. The van der Waals surface area contributed by atoms with Crippen molar-refractivity contribution in [1.82, 2.24) is 24.2 Å². The first kappa shape index (κ1) is 20.6. The maximum Gasteiger partial charge on any atom is 0.238 e. The number of piperidine rings is 1. The molecule has 2 aromatic heterocycles. The topological polar surface area (TPSA) is 68.0 Å². The van der Waals surface area contributed by atoms with Crippen molar-refractivity contribution in [2.75, 3.05) is 25.0 Å². The van der Waals surface area contributed by atoms with Gasteiger partial charge in [-0.2, -0.15) is 5.10 Å². The highest BCUT2D eigenvalue weighted by Gasteiger charge is 2.28. The molecule has 1 fully saturated rings. The molecule has 0 saturated carbocycles. The maximum atomic E-state index is 12.7. The van der Waals surface area contributed by atoms with Crippen molar-refractivity contribution in [1.29, 1.82) is 0 Å². The van der Waals surface area contributed by atoms with E-state index in [4.69, 9.17) is 4.98 Å². The Labute approximate surface area is 178 Å². The number of fused-ring (bicyclic) bond motifs is 1. The molecule has 1 amide bonds. The van der Waals surface area contributed by atoms with Crippen molar-refractivity contribution in [3.05, 3.63) is 41.5 Å². The number of anilines is 1. The Bertz CT molecular complexity index is 1060. The van der Waals surface area contributed by atoms with Crippen LogP contribution in [0.1, 0.15) is 55.9 Å². The van der Waals surface area contributed by atoms with Gasteiger partial charge in [-0.05, 0) is 59.2 Å². The number of amides is 1. The van der Waals surface area contributed by atoms with Crippen LogP contribution >= 0.6 is 0 Å². The van der Waals surface area contributed by atoms with Crippen LogP contribution in [0.25, 0.3) is 11.0 Å². The molecule has 7 nitrogen and oxygen atoms in total. The number of likely N-dealkylation sites (tertiary alicyclic amines) is 1. The van der Waals surface area contributed by atoms with E-state index in [1.54, 1.807) is 4.68 Å². The van der Waals surface area contributed by atoms with Crippen molar-refractivity contribution >= 4 is 22.6 Å². The summed E-state index contributed by atoms with van der Waals surface area (Å²) in [7, 11) is 1.90. The molecular weight excluding hydrogens is 376 g/mol. The predicted molar refractivity (Wildman–Crippen MR) is 120 cm³/mol. The van der Waals surface area contributed by atoms with Gasteiger partial charge in [-0.3, -0.25) is 14.4 Å². The lowest BCUT2D eigenvalue weighted by Gasteiger charge is -2.32. The van der Waals surface area contributed by atoms with E-state index in [2.05, 4.69) is 51.9 Å². The van der Waals surface area contributed by atoms with Crippen molar-refractivity contribution in [2.45, 2.75) is 52.5 Å². The molecular formula is C23H32N6O. The summed E-state index contributed by atoms with van der Waals surface area (Å²) in [5.41, 5.74) is 4.91. The molecule has 1 saturated heterocycles. The molecule has 1 atom stereocenters. The second-order valence-electron chi connectivity index (χ2n) is 8.71. The van der Waals surface area contributed by atoms with Crippen LogP contribution < -0.4 is 5.32 Å². The van der Waals surface area contributed by atoms with Gasteiger partial charge in [-0.15, -0.1) is 0 Å². The van der Waals surface area contributed by atoms with E-state index in [-0.39, 0.29) is 5.91 Å². The van der Waals surface area contributed by atoms with Crippen LogP contribution in [0.3, 0.4) is 0 Å². The van der Waals surface area contributed by atoms with Crippen LogP contribution in [0, 0.1) is 13.8 Å². The molecule has 0 radical (unpaired) electrons. The predicted octanol–water partition coefficient (Wildman–Crippen LogP) is 3.79. The van der Waals surface area contributed by atoms with Crippen molar-refractivity contribution in [3.63, 3.8) is 0 Å². The summed E-state index contributed by atoms with van der Waals surface area (Å²) in [4.78, 5) is 20.0. The average molecular weight is 409 g/mol. The molecule has 7 heteroatoms. The molecule has 4 rings (SSSR count). The minimum absolute atomic E-state index is 0.0206. The number of nitrogens with one attached hydrogen (secondary N) is 1. The van der Waals surface area contributed by atoms with Gasteiger partial charge in [0, 0.05) is 25.6 Å². The van der Waals surface area contributed by atoms with Crippen LogP contribution in [0.2, 0.25) is 0 Å². The van der Waals surface area contributed by atoms with E-state index in [9.17, 15) is 4.79 Å². The van der Waals surface area contributed by atoms with Crippen molar-refractivity contribution < 1.29 is 4.79 Å². The fourth-order valence-electron chi connectivity index (χ4n) is 4.64. The first-order chi connectivity index (χ1) is 14.3. The Hall–Kier alpha value is -2.67. The van der Waals surface area contributed by atoms with E-state index in [1.165, 1.54) is 5.52 Å². The van der Waals surface area contributed by atoms with E-state index in [0.29, 0.717) is 18.5 Å². The minimum Gasteiger partial charge on any atom is -0.325 e. The van der Waals surface area contributed by atoms with Gasteiger partial charge in [-0.1, -0.05) is 12.1 Å². The van der Waals surface area contributed by atoms with Crippen molar-refractivity contribution in [3.8, 4) is 0 Å². The maximum absolute atomic E-state index is 12.7. The number of aromatic nitrogens is 4. The Morgan fingerprint density at radius 2 is 2.03 bits per heavy atom. The van der Waals surface area contributed by atoms with Gasteiger partial charge in [0.1, 0.15) is 5.82 Å². The average Bonchev–Trinajstić information content (AvgIpc) is 3.21. The van der Waals surface area contributed by atoms with Gasteiger partial charge in [0.05, 0.1) is 34.7 Å². The lowest BCUT2D eigenvalue weighted by atomic mass is 9.96. The third-order valence-electron chi connectivity index (χ3n) is 6.15. The smallest absolute Gasteiger partial charge is 0.238 e. The van der Waals surface area contributed by atoms with Gasteiger partial charge in [0.2, 0.25) is 5.91 Å². The molecule has 1 unspecified atom stereocenters. The van der Waals surface area contributed by atoms with E-state index in [0.717, 1.165) is 54.3 Å². The number of aryl methyl sites for hydroxylation is 2. The molecule has 160 valence electrons. The van der Waals surface area contributed by atoms with E-state index >= 15 is 0 Å². The van der Waals surface area contributed by atoms with Gasteiger partial charge >= 0.3 is 0 Å². The van der Waals surface area contributed by atoms with Gasteiger partial charge in [0.15, 0.2) is 0 Å². The summed E-state index contributed by atoms with van der Waals surface area (Å²) >= 11 is 0. The molecule has 1 N–H and O–H groups in total. The van der Waals surface area contributed by atoms with Crippen LogP contribution in [-0.4, -0.2) is 49.8 Å². The number of hydrogen-bond acceptors (Lipinski definition) is 4. The standard InChI is InChI=1S/C23H32N6O/c1-15(2)29-20-11-7-6-10-19(20)24-23(29)18-9-8-12-28(13-18)14-21(30)25-22-16(3)26-27(5)17(22)4/h6-7,10-11,15,18H,8-9,12-14H2,1-5H3,(H,25,30). The first-order valence-corrected chi connectivity index (χ1v) is 10.8. The normalized spacial score (nSPS) is 17.7. The van der Waals surface area contributed by atoms with Crippen molar-refractivity contribution in [2.24, 2.45) is 7.05 Å². The third-order valence-corrected chi connectivity index (χ3v) is 6.15. The van der Waals surface area contributed by atoms with E-state index in [1.807, 2.05) is 27.0 Å². The molecule has 1 aromatic carbocycles. The summed E-state index contributed by atoms with van der Waals surface area (Å²) in [6, 6.07) is 8.71. The van der Waals surface area contributed by atoms with E-state index < -0.39 is 0 Å². The SMILES string of the molecule is Cc1nn(C)c(C)c1NC(=O)CN1CCCC(c2nc3ccccc3n2C(C)C)C1. The van der Waals surface area contributed by atoms with Crippen LogP contribution in [0.15, 0.2) is 24.3 Å². The highest BCUT2D eigenvalue weighted by Crippen LogP contribution is 2.31. The molecule has 0 aliphatic carbocycles. The largest absolute Gasteiger partial charge is 0.325 e. The number of carbonyl (C=O) groups is 1. The number of carbonyl (C=O) groups excluding carboxylic acids is 1. The summed E-state index contributed by atoms with van der Waals surface area (Å²) in [6.45, 7) is 10.5. The quantitative estimate of drug-likeness (QED) is 0.698. The van der Waals surface area contributed by atoms with Gasteiger partial charge in [0.25, 0.3) is 0 Å². The second kappa shape index (κ2) is 8.22. The lowest BCUT2D eigenvalue weighted by Crippen LogP contribution is -2.40. The number of para-hydroxylation sites is 2. The molecule has 30 heavy (non-hydrogen) atoms. The minimum atomic E-state index is 0.0206. The molecule has 3 heterocycles. The third kappa shape index (κ3) is 3.86. The Kier molecular flexibility index (Phi) is 5.64. The van der Waals surface area contributed by atoms with Gasteiger partial charge in [-0.25, -0.2) is 4.98 Å². The zero-order valence-electron chi connectivity index (χ0n) is 18.6. The monoisotopic (exact) mass is 408 g/mol. The zero-order chi connectivity index (χ0) is 21.4. The molecule has 1 aliphatic rings. The number of rotatable bonds is 5. The second-order valence-corrected chi connectivity index (χ2v) is 8.71. The molecule has 0 spiro atoms. The summed E-state index contributed by atoms with van der Waals surface area (Å²) < 4.78 is 4.17. The number of benzene rings is 1. The summed E-state index contributed by atoms with van der Waals surface area (Å²) in [6.07, 6.45) is 2.18. The Balaban J connectivity index is 1.49. The fraction of sp³-hybridized carbons (Fsp3) is 0.522. The van der Waals surface area contributed by atoms with Gasteiger partial charge < -0.3 is 9.88 Å². The van der Waals surface area contributed by atoms with Crippen LogP contribution in [0.4, 0.5) is 5.69 Å². The Morgan fingerprint density at radius 1 is 1.27 bits per heavy atom. The van der Waals surface area contributed by atoms with Crippen LogP contribution in [-0.2, 0) is 11.8 Å². The highest BCUT2D eigenvalue weighted by molar-refractivity contribution is 5.93. The van der Waals surface area contributed by atoms with Crippen LogP contribution in [0.5, 0.6) is 0 Å². The number of imidazole rings is 1. The molecule has 1 aliphatic heterocycles. The summed E-state index contributed by atoms with van der Waals surface area (Å²) in [5, 5.41) is 7.45.